The fourth-order valence-corrected chi connectivity index (χ4v) is 2.41. The average molecular weight is 381 g/mol. The number of rotatable bonds is 7. The highest BCUT2D eigenvalue weighted by Gasteiger charge is 2.29. The molecule has 7 nitrogen and oxygen atoms in total. The van der Waals surface area contributed by atoms with Crippen LogP contribution in [0.2, 0.25) is 0 Å². The summed E-state index contributed by atoms with van der Waals surface area (Å²) in [5.41, 5.74) is 1.78. The Bertz CT molecular complexity index is 856. The van der Waals surface area contributed by atoms with E-state index in [9.17, 15) is 14.4 Å². The van der Waals surface area contributed by atoms with E-state index >= 15 is 0 Å². The number of benzene rings is 2. The fourth-order valence-electron chi connectivity index (χ4n) is 2.41. The van der Waals surface area contributed by atoms with Crippen LogP contribution in [0.25, 0.3) is 0 Å². The van der Waals surface area contributed by atoms with Gasteiger partial charge in [0.15, 0.2) is 6.61 Å². The molecule has 7 heteroatoms. The van der Waals surface area contributed by atoms with Crippen molar-refractivity contribution in [3.05, 3.63) is 54.1 Å². The number of carbonyl (C=O) groups is 3. The van der Waals surface area contributed by atoms with Crippen LogP contribution in [0.4, 0.5) is 11.4 Å². The molecule has 1 aliphatic rings. The van der Waals surface area contributed by atoms with Crippen LogP contribution < -0.4 is 15.4 Å². The quantitative estimate of drug-likeness (QED) is 0.772. The number of ether oxygens (including phenoxy) is 1. The molecule has 0 bridgehead atoms. The maximum atomic E-state index is 12.4. The highest BCUT2D eigenvalue weighted by molar-refractivity contribution is 6.04. The van der Waals surface area contributed by atoms with Crippen LogP contribution in [0.3, 0.4) is 0 Å². The van der Waals surface area contributed by atoms with Crippen LogP contribution in [-0.4, -0.2) is 43.3 Å². The minimum absolute atomic E-state index is 0.0341. The molecule has 0 heterocycles. The maximum Gasteiger partial charge on any atom is 0.259 e. The van der Waals surface area contributed by atoms with Crippen LogP contribution in [0, 0.1) is 5.92 Å². The largest absolute Gasteiger partial charge is 0.484 e. The first-order chi connectivity index (χ1) is 13.4. The predicted molar refractivity (Wildman–Crippen MR) is 106 cm³/mol. The van der Waals surface area contributed by atoms with Gasteiger partial charge in [-0.2, -0.15) is 0 Å². The Morgan fingerprint density at radius 3 is 2.07 bits per heavy atom. The summed E-state index contributed by atoms with van der Waals surface area (Å²) in [6.07, 6.45) is 1.89. The molecule has 1 fully saturated rings. The third-order valence-electron chi connectivity index (χ3n) is 4.34. The van der Waals surface area contributed by atoms with Crippen LogP contribution in [0.1, 0.15) is 23.2 Å². The zero-order valence-corrected chi connectivity index (χ0v) is 15.9. The van der Waals surface area contributed by atoms with Crippen molar-refractivity contribution in [3.8, 4) is 5.75 Å². The Morgan fingerprint density at radius 1 is 0.929 bits per heavy atom. The number of nitrogens with zero attached hydrogens (tertiary/aromatic N) is 1. The van der Waals surface area contributed by atoms with Gasteiger partial charge in [0.2, 0.25) is 5.91 Å². The van der Waals surface area contributed by atoms with Crippen molar-refractivity contribution in [2.75, 3.05) is 31.3 Å². The predicted octanol–water partition coefficient (Wildman–Crippen LogP) is 2.75. The lowest BCUT2D eigenvalue weighted by atomic mass is 10.2. The summed E-state index contributed by atoms with van der Waals surface area (Å²) in [7, 11) is 3.33. The molecule has 0 unspecified atom stereocenters. The summed E-state index contributed by atoms with van der Waals surface area (Å²) in [5, 5.41) is 5.64. The van der Waals surface area contributed by atoms with Gasteiger partial charge in [0.05, 0.1) is 0 Å². The summed E-state index contributed by atoms with van der Waals surface area (Å²) in [6, 6.07) is 13.6. The van der Waals surface area contributed by atoms with Crippen molar-refractivity contribution >= 4 is 29.1 Å². The van der Waals surface area contributed by atoms with Crippen molar-refractivity contribution < 1.29 is 19.1 Å². The van der Waals surface area contributed by atoms with Gasteiger partial charge in [0.1, 0.15) is 5.75 Å². The molecule has 1 aliphatic carbocycles. The lowest BCUT2D eigenvalue weighted by Crippen LogP contribution is -2.27. The normalized spacial score (nSPS) is 12.8. The molecular weight excluding hydrogens is 358 g/mol. The van der Waals surface area contributed by atoms with Gasteiger partial charge in [-0.3, -0.25) is 14.4 Å². The molecule has 28 heavy (non-hydrogen) atoms. The Morgan fingerprint density at radius 2 is 1.50 bits per heavy atom. The minimum atomic E-state index is -0.253. The first-order valence-corrected chi connectivity index (χ1v) is 9.07. The molecule has 2 aromatic rings. The van der Waals surface area contributed by atoms with E-state index in [2.05, 4.69) is 10.6 Å². The van der Waals surface area contributed by atoms with Gasteiger partial charge in [-0.15, -0.1) is 0 Å². The van der Waals surface area contributed by atoms with E-state index in [1.165, 1.54) is 4.90 Å². The molecular formula is C21H23N3O4. The molecule has 0 saturated heterocycles. The number of hydrogen-bond donors (Lipinski definition) is 2. The summed E-state index contributed by atoms with van der Waals surface area (Å²) < 4.78 is 5.40. The molecule has 3 rings (SSSR count). The molecule has 2 N–H and O–H groups in total. The average Bonchev–Trinajstić information content (AvgIpc) is 3.53. The van der Waals surface area contributed by atoms with Gasteiger partial charge < -0.3 is 20.3 Å². The standard InChI is InChI=1S/C21H23N3O4/c1-24(2)19(25)13-28-18-11-9-17(10-12-18)23-21(27)15-5-7-16(8-6-15)22-20(26)14-3-4-14/h5-12,14H,3-4,13H2,1-2H3,(H,22,26)(H,23,27). The maximum absolute atomic E-state index is 12.4. The number of anilines is 2. The first kappa shape index (κ1) is 19.4. The second kappa shape index (κ2) is 8.56. The number of carbonyl (C=O) groups excluding carboxylic acids is 3. The number of hydrogen-bond acceptors (Lipinski definition) is 4. The van der Waals surface area contributed by atoms with E-state index < -0.39 is 0 Å². The topological polar surface area (TPSA) is 87.7 Å². The van der Waals surface area contributed by atoms with Crippen LogP contribution in [0.5, 0.6) is 5.75 Å². The van der Waals surface area contributed by atoms with E-state index in [1.807, 2.05) is 0 Å². The van der Waals surface area contributed by atoms with Gasteiger partial charge in [-0.05, 0) is 61.4 Å². The molecule has 0 aliphatic heterocycles. The number of likely N-dealkylation sites (N-methyl/N-ethyl adjacent to an activating group) is 1. The van der Waals surface area contributed by atoms with Gasteiger partial charge in [-0.1, -0.05) is 0 Å². The third-order valence-corrected chi connectivity index (χ3v) is 4.34. The minimum Gasteiger partial charge on any atom is -0.484 e. The van der Waals surface area contributed by atoms with Crippen molar-refractivity contribution in [2.45, 2.75) is 12.8 Å². The SMILES string of the molecule is CN(C)C(=O)COc1ccc(NC(=O)c2ccc(NC(=O)C3CC3)cc2)cc1. The van der Waals surface area contributed by atoms with E-state index in [0.29, 0.717) is 22.7 Å². The highest BCUT2D eigenvalue weighted by Crippen LogP contribution is 2.30. The lowest BCUT2D eigenvalue weighted by Gasteiger charge is -2.12. The Kier molecular flexibility index (Phi) is 5.93. The molecule has 0 spiro atoms. The van der Waals surface area contributed by atoms with Gasteiger partial charge in [-0.25, -0.2) is 0 Å². The zero-order chi connectivity index (χ0) is 20.1. The molecule has 146 valence electrons. The molecule has 3 amide bonds. The summed E-state index contributed by atoms with van der Waals surface area (Å²) >= 11 is 0. The summed E-state index contributed by atoms with van der Waals surface area (Å²) in [5.74, 6) is 0.331. The smallest absolute Gasteiger partial charge is 0.259 e. The second-order valence-corrected chi connectivity index (χ2v) is 6.90. The van der Waals surface area contributed by atoms with Crippen LogP contribution >= 0.6 is 0 Å². The van der Waals surface area contributed by atoms with Crippen molar-refractivity contribution in [2.24, 2.45) is 5.92 Å². The van der Waals surface area contributed by atoms with Crippen LogP contribution in [-0.2, 0) is 9.59 Å². The van der Waals surface area contributed by atoms with Gasteiger partial charge in [0, 0.05) is 37.0 Å². The highest BCUT2D eigenvalue weighted by atomic mass is 16.5. The molecule has 1 saturated carbocycles. The third kappa shape index (κ3) is 5.33. The monoisotopic (exact) mass is 381 g/mol. The lowest BCUT2D eigenvalue weighted by molar-refractivity contribution is -0.130. The molecule has 0 atom stereocenters. The number of nitrogens with one attached hydrogen (secondary N) is 2. The van der Waals surface area contributed by atoms with Crippen molar-refractivity contribution in [1.82, 2.24) is 4.90 Å². The van der Waals surface area contributed by atoms with Crippen molar-refractivity contribution in [1.29, 1.82) is 0 Å². The molecule has 0 aromatic heterocycles. The molecule has 0 radical (unpaired) electrons. The Balaban J connectivity index is 1.52. The summed E-state index contributed by atoms with van der Waals surface area (Å²) in [6.45, 7) is -0.0393. The van der Waals surface area contributed by atoms with E-state index in [4.69, 9.17) is 4.74 Å². The molecule has 2 aromatic carbocycles. The fraction of sp³-hybridized carbons (Fsp3) is 0.286. The van der Waals surface area contributed by atoms with E-state index in [0.717, 1.165) is 12.8 Å². The van der Waals surface area contributed by atoms with Gasteiger partial charge in [0.25, 0.3) is 11.8 Å². The van der Waals surface area contributed by atoms with E-state index in [1.54, 1.807) is 62.6 Å². The Hall–Kier alpha value is -3.35. The second-order valence-electron chi connectivity index (χ2n) is 6.90. The van der Waals surface area contributed by atoms with Gasteiger partial charge >= 0.3 is 0 Å². The summed E-state index contributed by atoms with van der Waals surface area (Å²) in [4.78, 5) is 37.1. The number of amides is 3. The van der Waals surface area contributed by atoms with Crippen molar-refractivity contribution in [3.63, 3.8) is 0 Å². The van der Waals surface area contributed by atoms with Crippen LogP contribution in [0.15, 0.2) is 48.5 Å². The Labute approximate surface area is 163 Å². The zero-order valence-electron chi connectivity index (χ0n) is 15.9. The first-order valence-electron chi connectivity index (χ1n) is 9.07. The van der Waals surface area contributed by atoms with E-state index in [-0.39, 0.29) is 30.2 Å².